The molecule has 0 aliphatic rings. The highest BCUT2D eigenvalue weighted by molar-refractivity contribution is 5.82. The van der Waals surface area contributed by atoms with E-state index in [-0.39, 0.29) is 5.91 Å². The van der Waals surface area contributed by atoms with Crippen LogP contribution in [0.15, 0.2) is 30.3 Å². The summed E-state index contributed by atoms with van der Waals surface area (Å²) in [5.74, 6) is -0.213. The minimum atomic E-state index is -0.798. The van der Waals surface area contributed by atoms with Gasteiger partial charge in [-0.1, -0.05) is 30.3 Å². The molecule has 0 bridgehead atoms. The quantitative estimate of drug-likeness (QED) is 0.865. The van der Waals surface area contributed by atoms with Crippen LogP contribution in [-0.4, -0.2) is 55.9 Å². The minimum absolute atomic E-state index is 0.213. The molecule has 6 heteroatoms. The molecule has 0 radical (unpaired) electrons. The molecular formula is C18H28N2O4. The molecule has 0 fully saturated rings. The Kier molecular flexibility index (Phi) is 7.22. The van der Waals surface area contributed by atoms with Crippen LogP contribution in [0.4, 0.5) is 4.79 Å². The first kappa shape index (κ1) is 20.0. The Bertz CT molecular complexity index is 538. The molecule has 0 unspecified atom stereocenters. The molecule has 0 aliphatic carbocycles. The van der Waals surface area contributed by atoms with Crippen molar-refractivity contribution in [3.8, 4) is 0 Å². The average Bonchev–Trinajstić information content (AvgIpc) is 2.46. The van der Waals surface area contributed by atoms with E-state index in [0.717, 1.165) is 5.56 Å². The summed E-state index contributed by atoms with van der Waals surface area (Å²) >= 11 is 0. The van der Waals surface area contributed by atoms with Crippen LogP contribution in [0.25, 0.3) is 0 Å². The van der Waals surface area contributed by atoms with Gasteiger partial charge in [0.15, 0.2) is 6.10 Å². The molecular weight excluding hydrogens is 308 g/mol. The molecule has 0 saturated carbocycles. The van der Waals surface area contributed by atoms with Gasteiger partial charge in [0.25, 0.3) is 5.91 Å². The van der Waals surface area contributed by atoms with Crippen molar-refractivity contribution in [3.05, 3.63) is 35.9 Å². The summed E-state index contributed by atoms with van der Waals surface area (Å²) in [6, 6.07) is 9.08. The van der Waals surface area contributed by atoms with Gasteiger partial charge in [-0.2, -0.15) is 0 Å². The predicted molar refractivity (Wildman–Crippen MR) is 92.8 cm³/mol. The topological polar surface area (TPSA) is 67.9 Å². The number of rotatable bonds is 6. The second kappa shape index (κ2) is 8.68. The molecule has 0 aromatic heterocycles. The van der Waals surface area contributed by atoms with Crippen LogP contribution in [0.5, 0.6) is 0 Å². The van der Waals surface area contributed by atoms with Crippen LogP contribution in [0, 0.1) is 0 Å². The van der Waals surface area contributed by atoms with E-state index >= 15 is 0 Å². The molecule has 1 N–H and O–H groups in total. The summed E-state index contributed by atoms with van der Waals surface area (Å²) in [6.07, 6.45) is -0.914. The summed E-state index contributed by atoms with van der Waals surface area (Å²) in [5.41, 5.74) is 0.377. The van der Waals surface area contributed by atoms with Gasteiger partial charge < -0.3 is 19.7 Å². The fourth-order valence-corrected chi connectivity index (χ4v) is 2.25. The first-order chi connectivity index (χ1) is 11.1. The Morgan fingerprint density at radius 3 is 2.21 bits per heavy atom. The van der Waals surface area contributed by atoms with Gasteiger partial charge in [-0.15, -0.1) is 0 Å². The number of methoxy groups -OCH3 is 1. The molecule has 2 amide bonds. The molecule has 6 nitrogen and oxygen atoms in total. The lowest BCUT2D eigenvalue weighted by atomic mass is 10.0. The van der Waals surface area contributed by atoms with Gasteiger partial charge in [0, 0.05) is 21.2 Å². The highest BCUT2D eigenvalue weighted by Crippen LogP contribution is 2.12. The van der Waals surface area contributed by atoms with Gasteiger partial charge >= 0.3 is 6.09 Å². The number of ether oxygens (including phenoxy) is 2. The Balaban J connectivity index is 2.97. The van der Waals surface area contributed by atoms with Crippen molar-refractivity contribution in [2.45, 2.75) is 44.9 Å². The number of nitrogens with one attached hydrogen (secondary N) is 1. The summed E-state index contributed by atoms with van der Waals surface area (Å²) < 4.78 is 10.7. The highest BCUT2D eigenvalue weighted by Gasteiger charge is 2.32. The molecule has 24 heavy (non-hydrogen) atoms. The lowest BCUT2D eigenvalue weighted by Crippen LogP contribution is -2.53. The van der Waals surface area contributed by atoms with Crippen LogP contribution in [-0.2, 0) is 20.7 Å². The molecule has 0 heterocycles. The number of nitrogens with zero attached hydrogens (tertiary/aromatic N) is 1. The summed E-state index contributed by atoms with van der Waals surface area (Å²) in [5, 5.41) is 2.78. The van der Waals surface area contributed by atoms with Gasteiger partial charge in [0.1, 0.15) is 5.60 Å². The van der Waals surface area contributed by atoms with E-state index in [9.17, 15) is 9.59 Å². The van der Waals surface area contributed by atoms with Crippen LogP contribution >= 0.6 is 0 Å². The Labute approximate surface area is 144 Å². The van der Waals surface area contributed by atoms with E-state index in [1.165, 1.54) is 12.0 Å². The highest BCUT2D eigenvalue weighted by atomic mass is 16.6. The maximum Gasteiger partial charge on any atom is 0.407 e. The monoisotopic (exact) mass is 336 g/mol. The van der Waals surface area contributed by atoms with Crippen molar-refractivity contribution in [1.82, 2.24) is 10.2 Å². The predicted octanol–water partition coefficient (Wildman–Crippen LogP) is 2.23. The fourth-order valence-electron chi connectivity index (χ4n) is 2.25. The summed E-state index contributed by atoms with van der Waals surface area (Å²) in [7, 11) is 4.77. The number of likely N-dealkylation sites (N-methyl/N-ethyl adjacent to an activating group) is 1. The Hall–Kier alpha value is -2.08. The number of hydrogen-bond donors (Lipinski definition) is 1. The van der Waals surface area contributed by atoms with Crippen LogP contribution in [0.3, 0.4) is 0 Å². The van der Waals surface area contributed by atoms with Crippen LogP contribution in [0.1, 0.15) is 26.3 Å². The zero-order valence-corrected chi connectivity index (χ0v) is 15.3. The van der Waals surface area contributed by atoms with Gasteiger partial charge in [0.2, 0.25) is 0 Å². The first-order valence-corrected chi connectivity index (χ1v) is 7.91. The van der Waals surface area contributed by atoms with E-state index in [2.05, 4.69) is 5.32 Å². The smallest absolute Gasteiger partial charge is 0.407 e. The van der Waals surface area contributed by atoms with Crippen molar-refractivity contribution in [3.63, 3.8) is 0 Å². The molecule has 1 rings (SSSR count). The molecule has 0 saturated heterocycles. The van der Waals surface area contributed by atoms with E-state index < -0.39 is 23.8 Å². The molecule has 1 aromatic rings. The van der Waals surface area contributed by atoms with Crippen LogP contribution in [0.2, 0.25) is 0 Å². The normalized spacial score (nSPS) is 13.8. The number of alkyl carbamates (subject to hydrolysis) is 1. The number of hydrogen-bond acceptors (Lipinski definition) is 4. The fraction of sp³-hybridized carbons (Fsp3) is 0.556. The maximum atomic E-state index is 12.4. The number of carbonyl (C=O) groups is 2. The van der Waals surface area contributed by atoms with Gasteiger partial charge in [-0.3, -0.25) is 4.79 Å². The van der Waals surface area contributed by atoms with Crippen molar-refractivity contribution < 1.29 is 19.1 Å². The zero-order chi connectivity index (χ0) is 18.3. The molecule has 0 aliphatic heterocycles. The van der Waals surface area contributed by atoms with Crippen molar-refractivity contribution >= 4 is 12.0 Å². The van der Waals surface area contributed by atoms with Crippen molar-refractivity contribution in [2.24, 2.45) is 0 Å². The third kappa shape index (κ3) is 6.58. The van der Waals surface area contributed by atoms with Gasteiger partial charge in [0.05, 0.1) is 6.04 Å². The second-order valence-corrected chi connectivity index (χ2v) is 6.83. The third-order valence-corrected chi connectivity index (χ3v) is 3.30. The van der Waals surface area contributed by atoms with Crippen molar-refractivity contribution in [1.29, 1.82) is 0 Å². The minimum Gasteiger partial charge on any atom is -0.444 e. The van der Waals surface area contributed by atoms with E-state index in [4.69, 9.17) is 9.47 Å². The number of benzene rings is 1. The lowest BCUT2D eigenvalue weighted by Gasteiger charge is -2.29. The Morgan fingerprint density at radius 2 is 1.75 bits per heavy atom. The SMILES string of the molecule is CO[C@@H](C(=O)N(C)C)[C@H](Cc1ccccc1)NC(=O)OC(C)(C)C. The summed E-state index contributed by atoms with van der Waals surface area (Å²) in [6.45, 7) is 5.37. The third-order valence-electron chi connectivity index (χ3n) is 3.30. The van der Waals surface area contributed by atoms with E-state index in [1.807, 2.05) is 30.3 Å². The summed E-state index contributed by atoms with van der Waals surface area (Å²) in [4.78, 5) is 26.0. The second-order valence-electron chi connectivity index (χ2n) is 6.83. The Morgan fingerprint density at radius 1 is 1.17 bits per heavy atom. The molecule has 0 spiro atoms. The van der Waals surface area contributed by atoms with Crippen LogP contribution < -0.4 is 5.32 Å². The van der Waals surface area contributed by atoms with Gasteiger partial charge in [-0.05, 0) is 32.8 Å². The van der Waals surface area contributed by atoms with E-state index in [1.54, 1.807) is 34.9 Å². The van der Waals surface area contributed by atoms with Gasteiger partial charge in [-0.25, -0.2) is 4.79 Å². The van der Waals surface area contributed by atoms with Crippen molar-refractivity contribution in [2.75, 3.05) is 21.2 Å². The number of carbonyl (C=O) groups excluding carboxylic acids is 2. The van der Waals surface area contributed by atoms with E-state index in [0.29, 0.717) is 6.42 Å². The molecule has 134 valence electrons. The number of amides is 2. The molecule has 1 aromatic carbocycles. The first-order valence-electron chi connectivity index (χ1n) is 7.91. The average molecular weight is 336 g/mol. The molecule has 2 atom stereocenters. The lowest BCUT2D eigenvalue weighted by molar-refractivity contribution is -0.141. The maximum absolute atomic E-state index is 12.4. The zero-order valence-electron chi connectivity index (χ0n) is 15.3. The standard InChI is InChI=1S/C18H28N2O4/c1-18(2,3)24-17(22)19-14(12-13-10-8-7-9-11-13)15(23-6)16(21)20(4)5/h7-11,14-15H,12H2,1-6H3,(H,19,22)/t14-,15+/m0/s1. The largest absolute Gasteiger partial charge is 0.444 e.